The molecular formula is C23H34O11S3. The van der Waals surface area contributed by atoms with Crippen molar-refractivity contribution in [2.75, 3.05) is 38.4 Å². The summed E-state index contributed by atoms with van der Waals surface area (Å²) in [5, 5.41) is 28.8. The Labute approximate surface area is 230 Å². The molecule has 1 fully saturated rings. The van der Waals surface area contributed by atoms with E-state index in [9.17, 15) is 0 Å². The molecule has 0 radical (unpaired) electrons. The predicted molar refractivity (Wildman–Crippen MR) is 142 cm³/mol. The number of ether oxygens (including phenoxy) is 2. The monoisotopic (exact) mass is 582 g/mol. The molecule has 0 amide bonds. The average Bonchev–Trinajstić information content (AvgIpc) is 2.95. The largest absolute Gasteiger partial charge is 0.491 e. The van der Waals surface area contributed by atoms with E-state index in [0.29, 0.717) is 32.1 Å². The van der Waals surface area contributed by atoms with Crippen molar-refractivity contribution in [1.29, 1.82) is 0 Å². The van der Waals surface area contributed by atoms with Gasteiger partial charge in [-0.1, -0.05) is 49.4 Å². The van der Waals surface area contributed by atoms with Crippen molar-refractivity contribution in [2.45, 2.75) is 29.9 Å². The fourth-order valence-corrected chi connectivity index (χ4v) is 7.11. The molecule has 1 aliphatic rings. The van der Waals surface area contributed by atoms with Crippen LogP contribution in [0.25, 0.3) is 0 Å². The van der Waals surface area contributed by atoms with Gasteiger partial charge in [-0.05, 0) is 67.8 Å². The van der Waals surface area contributed by atoms with Gasteiger partial charge in [0, 0.05) is 8.03 Å². The molecule has 1 atom stereocenters. The van der Waals surface area contributed by atoms with Gasteiger partial charge in [0.25, 0.3) is 0 Å². The number of hydrogen-bond acceptors (Lipinski definition) is 14. The lowest BCUT2D eigenvalue weighted by atomic mass is 9.99. The lowest BCUT2D eigenvalue weighted by Crippen LogP contribution is -2.32. The van der Waals surface area contributed by atoms with Crippen molar-refractivity contribution in [1.82, 2.24) is 0 Å². The molecule has 14 heteroatoms. The zero-order valence-corrected chi connectivity index (χ0v) is 23.0. The molecule has 210 valence electrons. The molecule has 0 aliphatic carbocycles. The van der Waals surface area contributed by atoms with Gasteiger partial charge < -0.3 is 9.47 Å². The van der Waals surface area contributed by atoms with E-state index in [1.807, 2.05) is 35.7 Å². The molecule has 3 rings (SSSR count). The fraction of sp³-hybridized carbons (Fsp3) is 0.478. The Morgan fingerprint density at radius 2 is 1.76 bits per heavy atom. The van der Waals surface area contributed by atoms with Crippen LogP contribution in [0.2, 0.25) is 0 Å². The maximum atomic E-state index is 8.27. The molecule has 0 saturated carbocycles. The predicted octanol–water partition coefficient (Wildman–Crippen LogP) is 6.40. The van der Waals surface area contributed by atoms with Gasteiger partial charge in [-0.2, -0.15) is 0 Å². The van der Waals surface area contributed by atoms with Crippen LogP contribution in [-0.2, 0) is 42.4 Å². The fourth-order valence-electron chi connectivity index (χ4n) is 3.42. The van der Waals surface area contributed by atoms with Crippen LogP contribution in [0.4, 0.5) is 0 Å². The molecule has 2 aromatic carbocycles. The standard InChI is InChI=1S/C22H28O5S3.CH4O6.H2/c1-2-12-25-21(18-8-6-11-20(17-18)24-13-14-26-30-27-23)22(28-15-7-16-29-22)19-9-4-3-5-10-19;1-3-5-7-6-4-2;/h3-6,8-11,17,21,23H,2,7,12-16H2,1H3;2H,1H3;1H. The molecule has 1 unspecified atom stereocenters. The first-order valence-corrected chi connectivity index (χ1v) is 14.0. The third kappa shape index (κ3) is 11.3. The first kappa shape index (κ1) is 32.1. The van der Waals surface area contributed by atoms with Gasteiger partial charge in [0.05, 0.1) is 13.7 Å². The Balaban J connectivity index is 0.000000797. The maximum Gasteiger partial charge on any atom is 0.194 e. The van der Waals surface area contributed by atoms with Gasteiger partial charge in [0.2, 0.25) is 0 Å². The van der Waals surface area contributed by atoms with E-state index < -0.39 is 0 Å². The van der Waals surface area contributed by atoms with Crippen molar-refractivity contribution < 1.29 is 55.0 Å². The molecule has 2 aromatic rings. The summed E-state index contributed by atoms with van der Waals surface area (Å²) in [7, 11) is 1.18. The topological polar surface area (TPSA) is 124 Å². The summed E-state index contributed by atoms with van der Waals surface area (Å²) in [6, 6.07) is 18.8. The van der Waals surface area contributed by atoms with E-state index in [0.717, 1.165) is 29.2 Å². The Bertz CT molecular complexity index is 831. The van der Waals surface area contributed by atoms with Crippen LogP contribution in [0.3, 0.4) is 0 Å². The van der Waals surface area contributed by atoms with Crippen LogP contribution >= 0.6 is 35.8 Å². The van der Waals surface area contributed by atoms with Gasteiger partial charge in [0.1, 0.15) is 22.5 Å². The lowest BCUT2D eigenvalue weighted by Gasteiger charge is -2.42. The van der Waals surface area contributed by atoms with Crippen LogP contribution in [-0.4, -0.2) is 49.0 Å². The molecule has 1 heterocycles. The lowest BCUT2D eigenvalue weighted by molar-refractivity contribution is -0.750. The van der Waals surface area contributed by atoms with Gasteiger partial charge in [-0.25, -0.2) is 15.4 Å². The van der Waals surface area contributed by atoms with Gasteiger partial charge in [-0.3, -0.25) is 4.18 Å². The molecular weight excluding hydrogens is 548 g/mol. The highest BCUT2D eigenvalue weighted by Gasteiger charge is 2.45. The zero-order valence-electron chi connectivity index (χ0n) is 20.5. The minimum Gasteiger partial charge on any atom is -0.491 e. The Hall–Kier alpha value is -1.11. The van der Waals surface area contributed by atoms with Crippen molar-refractivity contribution in [3.63, 3.8) is 0 Å². The molecule has 37 heavy (non-hydrogen) atoms. The summed E-state index contributed by atoms with van der Waals surface area (Å²) in [4.78, 5) is 3.81. The van der Waals surface area contributed by atoms with Crippen LogP contribution in [0.5, 0.6) is 5.75 Å². The number of rotatable bonds is 16. The van der Waals surface area contributed by atoms with Crippen LogP contribution in [0, 0.1) is 0 Å². The normalized spacial score (nSPS) is 15.5. The first-order chi connectivity index (χ1) is 18.2. The van der Waals surface area contributed by atoms with E-state index >= 15 is 0 Å². The SMILES string of the molecule is CCCOC(c1cccc(OCCOSOO)c1)C1(c2ccccc2)SCCCS1.COOOOOO.[HH]. The average molecular weight is 583 g/mol. The van der Waals surface area contributed by atoms with Crippen molar-refractivity contribution in [2.24, 2.45) is 0 Å². The molecule has 0 spiro atoms. The van der Waals surface area contributed by atoms with Gasteiger partial charge in [-0.15, -0.1) is 27.9 Å². The van der Waals surface area contributed by atoms with Crippen LogP contribution < -0.4 is 4.74 Å². The summed E-state index contributed by atoms with van der Waals surface area (Å²) in [6.45, 7) is 3.50. The Morgan fingerprint density at radius 3 is 2.43 bits per heavy atom. The van der Waals surface area contributed by atoms with Crippen LogP contribution in [0.15, 0.2) is 54.6 Å². The van der Waals surface area contributed by atoms with Crippen molar-refractivity contribution >= 4 is 35.8 Å². The molecule has 11 nitrogen and oxygen atoms in total. The first-order valence-electron chi connectivity index (χ1n) is 11.3. The summed E-state index contributed by atoms with van der Waals surface area (Å²) >= 11 is 4.50. The highest BCUT2D eigenvalue weighted by atomic mass is 32.2. The van der Waals surface area contributed by atoms with E-state index in [4.69, 9.17) is 24.2 Å². The highest BCUT2D eigenvalue weighted by molar-refractivity contribution is 8.18. The third-order valence-electron chi connectivity index (χ3n) is 4.76. The zero-order chi connectivity index (χ0) is 26.6. The molecule has 1 aliphatic heterocycles. The van der Waals surface area contributed by atoms with Crippen molar-refractivity contribution in [3.8, 4) is 5.75 Å². The minimum atomic E-state index is -0.189. The smallest absolute Gasteiger partial charge is 0.194 e. The van der Waals surface area contributed by atoms with Gasteiger partial charge in [0.15, 0.2) is 12.3 Å². The summed E-state index contributed by atoms with van der Waals surface area (Å²) in [5.41, 5.74) is 2.40. The quantitative estimate of drug-likeness (QED) is 0.0981. The van der Waals surface area contributed by atoms with Gasteiger partial charge >= 0.3 is 0 Å². The molecule has 1 saturated heterocycles. The third-order valence-corrected chi connectivity index (χ3v) is 8.53. The molecule has 2 N–H and O–H groups in total. The maximum absolute atomic E-state index is 8.27. The van der Waals surface area contributed by atoms with E-state index in [-0.39, 0.29) is 11.6 Å². The number of thioether (sulfide) groups is 2. The summed E-state index contributed by atoms with van der Waals surface area (Å²) in [5.74, 6) is 3.00. The Morgan fingerprint density at radius 1 is 0.973 bits per heavy atom. The van der Waals surface area contributed by atoms with Crippen molar-refractivity contribution in [3.05, 3.63) is 65.7 Å². The molecule has 0 aromatic heterocycles. The second-order valence-electron chi connectivity index (χ2n) is 7.17. The highest BCUT2D eigenvalue weighted by Crippen LogP contribution is 2.59. The van der Waals surface area contributed by atoms with E-state index in [1.165, 1.54) is 19.1 Å². The summed E-state index contributed by atoms with van der Waals surface area (Å²) in [6.07, 6.45) is 2.09. The Kier molecular flexibility index (Phi) is 17.3. The number of benzene rings is 2. The van der Waals surface area contributed by atoms with Crippen LogP contribution in [0.1, 0.15) is 38.4 Å². The number of hydrogen-bond donors (Lipinski definition) is 2. The van der Waals surface area contributed by atoms with E-state index in [2.05, 4.69) is 78.8 Å². The van der Waals surface area contributed by atoms with E-state index in [1.54, 1.807) is 0 Å². The summed E-state index contributed by atoms with van der Waals surface area (Å²) < 4.78 is 21.0. The molecule has 0 bridgehead atoms. The minimum absolute atomic E-state index is 0. The second kappa shape index (κ2) is 19.9. The second-order valence-corrected chi connectivity index (χ2v) is 10.6.